The van der Waals surface area contributed by atoms with Crippen LogP contribution in [0.2, 0.25) is 0 Å². The molecule has 2 aromatic rings. The largest absolute Gasteiger partial charge is 0.486 e. The number of carbonyl (C=O) groups is 1. The maximum Gasteiger partial charge on any atom is 0.252 e. The Morgan fingerprint density at radius 1 is 1.22 bits per heavy atom. The molecule has 142 valence electrons. The average molecular weight is 367 g/mol. The Morgan fingerprint density at radius 3 is 2.85 bits per heavy atom. The van der Waals surface area contributed by atoms with E-state index in [1.165, 1.54) is 5.56 Å². The van der Waals surface area contributed by atoms with E-state index < -0.39 is 0 Å². The molecule has 1 saturated heterocycles. The molecule has 6 nitrogen and oxygen atoms in total. The summed E-state index contributed by atoms with van der Waals surface area (Å²) in [6.45, 7) is 4.86. The quantitative estimate of drug-likeness (QED) is 0.878. The molecule has 1 aromatic carbocycles. The summed E-state index contributed by atoms with van der Waals surface area (Å²) in [6, 6.07) is 10.2. The third-order valence-corrected chi connectivity index (χ3v) is 5.04. The molecule has 1 N–H and O–H groups in total. The minimum absolute atomic E-state index is 0.0688. The van der Waals surface area contributed by atoms with E-state index in [1.807, 2.05) is 25.1 Å². The van der Waals surface area contributed by atoms with Crippen LogP contribution in [-0.4, -0.2) is 37.2 Å². The predicted octanol–water partition coefficient (Wildman–Crippen LogP) is 3.33. The zero-order valence-corrected chi connectivity index (χ0v) is 15.6. The molecule has 2 aliphatic heterocycles. The molecule has 4 rings (SSSR count). The monoisotopic (exact) mass is 367 g/mol. The zero-order chi connectivity index (χ0) is 18.6. The van der Waals surface area contributed by atoms with Crippen molar-refractivity contribution in [2.24, 2.45) is 0 Å². The molecule has 1 amide bonds. The lowest BCUT2D eigenvalue weighted by molar-refractivity contribution is 0.0953. The number of fused-ring (bicyclic) bond motifs is 1. The summed E-state index contributed by atoms with van der Waals surface area (Å²) in [7, 11) is 0. The minimum Gasteiger partial charge on any atom is -0.486 e. The number of nitrogens with zero attached hydrogens (tertiary/aromatic N) is 2. The van der Waals surface area contributed by atoms with Gasteiger partial charge in [0.15, 0.2) is 11.5 Å². The van der Waals surface area contributed by atoms with Crippen LogP contribution in [0.3, 0.4) is 0 Å². The molecule has 1 atom stereocenters. The summed E-state index contributed by atoms with van der Waals surface area (Å²) >= 11 is 0. The molecule has 0 aliphatic carbocycles. The van der Waals surface area contributed by atoms with Gasteiger partial charge in [0.25, 0.3) is 5.91 Å². The SMILES string of the molecule is CCCNC(=O)c1ccc(N2CCC[C@H]2c2ccc3c(c2)OCCO3)nc1. The fraction of sp³-hybridized carbons (Fsp3) is 0.429. The second kappa shape index (κ2) is 7.86. The standard InChI is InChI=1S/C21H25N3O3/c1-2-9-22-21(25)16-6-8-20(23-14-16)24-10-3-4-17(24)15-5-7-18-19(13-15)27-12-11-26-18/h5-8,13-14,17H,2-4,9-12H2,1H3,(H,22,25)/t17-/m0/s1. The van der Waals surface area contributed by atoms with Crippen LogP contribution in [0.4, 0.5) is 5.82 Å². The predicted molar refractivity (Wildman–Crippen MR) is 104 cm³/mol. The van der Waals surface area contributed by atoms with Crippen molar-refractivity contribution in [2.75, 3.05) is 31.2 Å². The van der Waals surface area contributed by atoms with E-state index in [1.54, 1.807) is 6.20 Å². The van der Waals surface area contributed by atoms with Gasteiger partial charge in [-0.3, -0.25) is 4.79 Å². The summed E-state index contributed by atoms with van der Waals surface area (Å²) < 4.78 is 11.4. The number of hydrogen-bond donors (Lipinski definition) is 1. The molecular formula is C21H25N3O3. The van der Waals surface area contributed by atoms with Crippen molar-refractivity contribution in [3.63, 3.8) is 0 Å². The van der Waals surface area contributed by atoms with Gasteiger partial charge in [0.2, 0.25) is 0 Å². The number of hydrogen-bond acceptors (Lipinski definition) is 5. The molecule has 27 heavy (non-hydrogen) atoms. The molecule has 0 unspecified atom stereocenters. The summed E-state index contributed by atoms with van der Waals surface area (Å²) in [5, 5.41) is 2.88. The van der Waals surface area contributed by atoms with Crippen LogP contribution in [0.5, 0.6) is 11.5 Å². The number of nitrogens with one attached hydrogen (secondary N) is 1. The molecular weight excluding hydrogens is 342 g/mol. The molecule has 6 heteroatoms. The highest BCUT2D eigenvalue weighted by atomic mass is 16.6. The van der Waals surface area contributed by atoms with Gasteiger partial charge in [-0.1, -0.05) is 13.0 Å². The number of pyridine rings is 1. The van der Waals surface area contributed by atoms with Crippen LogP contribution in [0, 0.1) is 0 Å². The number of anilines is 1. The molecule has 3 heterocycles. The first-order valence-electron chi connectivity index (χ1n) is 9.66. The smallest absolute Gasteiger partial charge is 0.252 e. The fourth-order valence-electron chi connectivity index (χ4n) is 3.69. The number of benzene rings is 1. The van der Waals surface area contributed by atoms with Crippen LogP contribution < -0.4 is 19.7 Å². The van der Waals surface area contributed by atoms with Crippen molar-refractivity contribution in [1.29, 1.82) is 0 Å². The van der Waals surface area contributed by atoms with Crippen LogP contribution in [-0.2, 0) is 0 Å². The first kappa shape index (κ1) is 17.6. The molecule has 0 bridgehead atoms. The van der Waals surface area contributed by atoms with Gasteiger partial charge in [-0.05, 0) is 49.1 Å². The lowest BCUT2D eigenvalue weighted by Gasteiger charge is -2.27. The van der Waals surface area contributed by atoms with E-state index in [-0.39, 0.29) is 11.9 Å². The second-order valence-electron chi connectivity index (χ2n) is 6.92. The van der Waals surface area contributed by atoms with E-state index in [9.17, 15) is 4.79 Å². The van der Waals surface area contributed by atoms with E-state index in [0.29, 0.717) is 25.3 Å². The Bertz CT molecular complexity index is 807. The first-order chi connectivity index (χ1) is 13.3. The highest BCUT2D eigenvalue weighted by molar-refractivity contribution is 5.94. The van der Waals surface area contributed by atoms with Crippen LogP contribution in [0.1, 0.15) is 48.1 Å². The van der Waals surface area contributed by atoms with Gasteiger partial charge in [0, 0.05) is 19.3 Å². The number of amides is 1. The van der Waals surface area contributed by atoms with Gasteiger partial charge < -0.3 is 19.7 Å². The minimum atomic E-state index is -0.0688. The van der Waals surface area contributed by atoms with Crippen molar-refractivity contribution in [1.82, 2.24) is 10.3 Å². The van der Waals surface area contributed by atoms with Gasteiger partial charge in [-0.25, -0.2) is 4.98 Å². The van der Waals surface area contributed by atoms with Gasteiger partial charge in [-0.2, -0.15) is 0 Å². The van der Waals surface area contributed by atoms with Crippen LogP contribution in [0.15, 0.2) is 36.5 Å². The van der Waals surface area contributed by atoms with Gasteiger partial charge in [0.05, 0.1) is 11.6 Å². The summed E-state index contributed by atoms with van der Waals surface area (Å²) in [5.74, 6) is 2.47. The van der Waals surface area contributed by atoms with Crippen LogP contribution >= 0.6 is 0 Å². The Morgan fingerprint density at radius 2 is 2.07 bits per heavy atom. The third-order valence-electron chi connectivity index (χ3n) is 5.04. The number of ether oxygens (including phenoxy) is 2. The number of rotatable bonds is 5. The fourth-order valence-corrected chi connectivity index (χ4v) is 3.69. The first-order valence-corrected chi connectivity index (χ1v) is 9.66. The third kappa shape index (κ3) is 3.70. The van der Waals surface area contributed by atoms with E-state index >= 15 is 0 Å². The van der Waals surface area contributed by atoms with Crippen molar-refractivity contribution < 1.29 is 14.3 Å². The topological polar surface area (TPSA) is 63.7 Å². The highest BCUT2D eigenvalue weighted by Crippen LogP contribution is 2.39. The van der Waals surface area contributed by atoms with Crippen molar-refractivity contribution >= 4 is 11.7 Å². The Hall–Kier alpha value is -2.76. The van der Waals surface area contributed by atoms with Crippen LogP contribution in [0.25, 0.3) is 0 Å². The Labute approximate surface area is 159 Å². The lowest BCUT2D eigenvalue weighted by atomic mass is 10.0. The van der Waals surface area contributed by atoms with E-state index in [0.717, 1.165) is 43.1 Å². The molecule has 1 aromatic heterocycles. The molecule has 2 aliphatic rings. The van der Waals surface area contributed by atoms with E-state index in [4.69, 9.17) is 9.47 Å². The maximum atomic E-state index is 12.1. The molecule has 0 saturated carbocycles. The molecule has 0 radical (unpaired) electrons. The summed E-state index contributed by atoms with van der Waals surface area (Å²) in [6.07, 6.45) is 4.77. The number of carbonyl (C=O) groups excluding carboxylic acids is 1. The second-order valence-corrected chi connectivity index (χ2v) is 6.92. The zero-order valence-electron chi connectivity index (χ0n) is 15.6. The van der Waals surface area contributed by atoms with Crippen molar-refractivity contribution in [3.8, 4) is 11.5 Å². The van der Waals surface area contributed by atoms with E-state index in [2.05, 4.69) is 27.3 Å². The van der Waals surface area contributed by atoms with Gasteiger partial charge in [0.1, 0.15) is 19.0 Å². The number of aromatic nitrogens is 1. The maximum absolute atomic E-state index is 12.1. The van der Waals surface area contributed by atoms with Crippen molar-refractivity contribution in [3.05, 3.63) is 47.7 Å². The normalized spacial score (nSPS) is 18.4. The Kier molecular flexibility index (Phi) is 5.14. The average Bonchev–Trinajstić information content (AvgIpc) is 3.21. The van der Waals surface area contributed by atoms with Gasteiger partial charge in [-0.15, -0.1) is 0 Å². The Balaban J connectivity index is 1.52. The summed E-state index contributed by atoms with van der Waals surface area (Å²) in [4.78, 5) is 18.9. The highest BCUT2D eigenvalue weighted by Gasteiger charge is 2.28. The van der Waals surface area contributed by atoms with Crippen molar-refractivity contribution in [2.45, 2.75) is 32.2 Å². The molecule has 1 fully saturated rings. The molecule has 0 spiro atoms. The lowest BCUT2D eigenvalue weighted by Crippen LogP contribution is -2.26. The summed E-state index contributed by atoms with van der Waals surface area (Å²) in [5.41, 5.74) is 1.81. The van der Waals surface area contributed by atoms with Gasteiger partial charge >= 0.3 is 0 Å².